The number of H-pyrrole nitrogens is 1. The highest BCUT2D eigenvalue weighted by molar-refractivity contribution is 5.17. The van der Waals surface area contributed by atoms with Crippen LogP contribution in [-0.4, -0.2) is 21.7 Å². The number of nitrogens with one attached hydrogen (secondary N) is 1. The molecule has 1 aliphatic heterocycles. The van der Waals surface area contributed by atoms with Gasteiger partial charge in [-0.05, 0) is 19.4 Å². The largest absolute Gasteiger partial charge is 0.349 e. The van der Waals surface area contributed by atoms with Gasteiger partial charge in [0, 0.05) is 11.8 Å². The summed E-state index contributed by atoms with van der Waals surface area (Å²) in [5, 5.41) is 0. The number of aromatic nitrogens is 2. The summed E-state index contributed by atoms with van der Waals surface area (Å²) in [6.45, 7) is 7.27. The average molecular weight is 237 g/mol. The van der Waals surface area contributed by atoms with E-state index in [-0.39, 0.29) is 12.1 Å². The van der Waals surface area contributed by atoms with Gasteiger partial charge in [0.25, 0.3) is 5.56 Å². The Morgan fingerprint density at radius 1 is 1.53 bits per heavy atom. The lowest BCUT2D eigenvalue weighted by molar-refractivity contribution is 0.0163. The maximum absolute atomic E-state index is 11.7. The van der Waals surface area contributed by atoms with Crippen LogP contribution in [0.15, 0.2) is 27.9 Å². The van der Waals surface area contributed by atoms with Crippen molar-refractivity contribution in [2.24, 2.45) is 5.73 Å². The van der Waals surface area contributed by atoms with Crippen LogP contribution in [-0.2, 0) is 4.74 Å². The molecule has 1 aliphatic rings. The molecule has 0 bridgehead atoms. The third-order valence-electron chi connectivity index (χ3n) is 2.99. The SMILES string of the molecule is C=C1[C@H](n2cc(C)c(=O)[nH]c2=O)O[C@H](C)[C@H]1N. The molecule has 0 radical (unpaired) electrons. The topological polar surface area (TPSA) is 90.1 Å². The summed E-state index contributed by atoms with van der Waals surface area (Å²) in [6, 6.07) is -0.306. The van der Waals surface area contributed by atoms with E-state index in [2.05, 4.69) is 11.6 Å². The van der Waals surface area contributed by atoms with Gasteiger partial charge in [0.05, 0.1) is 12.1 Å². The summed E-state index contributed by atoms with van der Waals surface area (Å²) in [5.74, 6) is 0. The first-order valence-electron chi connectivity index (χ1n) is 5.33. The predicted octanol–water partition coefficient (Wildman–Crippen LogP) is -0.354. The number of nitrogens with two attached hydrogens (primary N) is 1. The van der Waals surface area contributed by atoms with Crippen LogP contribution in [0.3, 0.4) is 0 Å². The molecule has 92 valence electrons. The number of ether oxygens (including phenoxy) is 1. The fraction of sp³-hybridized carbons (Fsp3) is 0.455. The lowest BCUT2D eigenvalue weighted by Gasteiger charge is -2.15. The van der Waals surface area contributed by atoms with Crippen LogP contribution in [0, 0.1) is 6.92 Å². The molecule has 17 heavy (non-hydrogen) atoms. The molecule has 3 atom stereocenters. The number of aromatic amines is 1. The van der Waals surface area contributed by atoms with Gasteiger partial charge < -0.3 is 10.5 Å². The monoisotopic (exact) mass is 237 g/mol. The first kappa shape index (κ1) is 11.8. The van der Waals surface area contributed by atoms with Crippen molar-refractivity contribution in [1.29, 1.82) is 0 Å². The molecule has 0 aromatic carbocycles. The van der Waals surface area contributed by atoms with Crippen LogP contribution < -0.4 is 17.0 Å². The maximum Gasteiger partial charge on any atom is 0.330 e. The Bertz CT molecular complexity index is 572. The fourth-order valence-electron chi connectivity index (χ4n) is 1.85. The molecule has 1 aromatic heterocycles. The lowest BCUT2D eigenvalue weighted by Crippen LogP contribution is -2.34. The van der Waals surface area contributed by atoms with Gasteiger partial charge in [-0.15, -0.1) is 0 Å². The smallest absolute Gasteiger partial charge is 0.330 e. The number of nitrogens with zero attached hydrogens (tertiary/aromatic N) is 1. The summed E-state index contributed by atoms with van der Waals surface area (Å²) in [7, 11) is 0. The van der Waals surface area contributed by atoms with Crippen LogP contribution >= 0.6 is 0 Å². The van der Waals surface area contributed by atoms with E-state index >= 15 is 0 Å². The van der Waals surface area contributed by atoms with E-state index in [1.54, 1.807) is 6.92 Å². The highest BCUT2D eigenvalue weighted by Gasteiger charge is 2.35. The first-order valence-corrected chi connectivity index (χ1v) is 5.33. The van der Waals surface area contributed by atoms with E-state index in [9.17, 15) is 9.59 Å². The third kappa shape index (κ3) is 1.85. The van der Waals surface area contributed by atoms with Crippen molar-refractivity contribution in [2.75, 3.05) is 0 Å². The van der Waals surface area contributed by atoms with E-state index in [1.807, 2.05) is 6.92 Å². The molecular weight excluding hydrogens is 222 g/mol. The maximum atomic E-state index is 11.7. The minimum atomic E-state index is -0.608. The summed E-state index contributed by atoms with van der Waals surface area (Å²) >= 11 is 0. The molecule has 1 fully saturated rings. The highest BCUT2D eigenvalue weighted by Crippen LogP contribution is 2.30. The van der Waals surface area contributed by atoms with Crippen molar-refractivity contribution in [3.05, 3.63) is 44.8 Å². The Morgan fingerprint density at radius 3 is 2.71 bits per heavy atom. The van der Waals surface area contributed by atoms with Crippen molar-refractivity contribution >= 4 is 0 Å². The predicted molar refractivity (Wildman–Crippen MR) is 62.8 cm³/mol. The minimum absolute atomic E-state index is 0.202. The van der Waals surface area contributed by atoms with E-state index < -0.39 is 17.5 Å². The van der Waals surface area contributed by atoms with Gasteiger partial charge in [0.15, 0.2) is 6.23 Å². The second-order valence-electron chi connectivity index (χ2n) is 4.27. The van der Waals surface area contributed by atoms with Gasteiger partial charge in [-0.2, -0.15) is 0 Å². The molecule has 0 saturated carbocycles. The van der Waals surface area contributed by atoms with Gasteiger partial charge in [0.2, 0.25) is 0 Å². The number of rotatable bonds is 1. The zero-order valence-electron chi connectivity index (χ0n) is 9.77. The number of hydrogen-bond acceptors (Lipinski definition) is 4. The van der Waals surface area contributed by atoms with Crippen molar-refractivity contribution in [1.82, 2.24) is 9.55 Å². The van der Waals surface area contributed by atoms with E-state index in [0.717, 1.165) is 0 Å². The fourth-order valence-corrected chi connectivity index (χ4v) is 1.85. The molecule has 2 heterocycles. The summed E-state index contributed by atoms with van der Waals surface area (Å²) in [5.41, 5.74) is 6.01. The molecule has 0 spiro atoms. The van der Waals surface area contributed by atoms with Gasteiger partial charge in [-0.25, -0.2) is 4.79 Å². The molecule has 1 saturated heterocycles. The molecule has 6 nitrogen and oxygen atoms in total. The van der Waals surface area contributed by atoms with Crippen molar-refractivity contribution in [2.45, 2.75) is 32.2 Å². The second-order valence-corrected chi connectivity index (χ2v) is 4.27. The molecule has 6 heteroatoms. The first-order chi connectivity index (χ1) is 7.91. The van der Waals surface area contributed by atoms with E-state index in [1.165, 1.54) is 10.8 Å². The van der Waals surface area contributed by atoms with Crippen LogP contribution in [0.25, 0.3) is 0 Å². The molecule has 0 amide bonds. The summed E-state index contributed by atoms with van der Waals surface area (Å²) in [6.07, 6.45) is 0.650. The molecular formula is C11H15N3O3. The van der Waals surface area contributed by atoms with Crippen LogP contribution in [0.2, 0.25) is 0 Å². The Morgan fingerprint density at radius 2 is 2.18 bits per heavy atom. The highest BCUT2D eigenvalue weighted by atomic mass is 16.5. The molecule has 3 N–H and O–H groups in total. The molecule has 0 unspecified atom stereocenters. The zero-order chi connectivity index (χ0) is 12.7. The van der Waals surface area contributed by atoms with E-state index in [0.29, 0.717) is 11.1 Å². The normalized spacial score (nSPS) is 28.6. The third-order valence-corrected chi connectivity index (χ3v) is 2.99. The summed E-state index contributed by atoms with van der Waals surface area (Å²) in [4.78, 5) is 25.2. The van der Waals surface area contributed by atoms with Crippen molar-refractivity contribution in [3.8, 4) is 0 Å². The van der Waals surface area contributed by atoms with Crippen LogP contribution in [0.1, 0.15) is 18.7 Å². The standard InChI is InChI=1S/C11H15N3O3/c1-5-4-14(11(16)13-9(5)15)10-6(2)8(12)7(3)17-10/h4,7-8,10H,2,12H2,1,3H3,(H,13,15,16)/t7-,8+,10-/m1/s1. The Hall–Kier alpha value is -1.66. The number of aryl methyl sites for hydroxylation is 1. The van der Waals surface area contributed by atoms with Crippen molar-refractivity contribution < 1.29 is 4.74 Å². The lowest BCUT2D eigenvalue weighted by atomic mass is 10.1. The van der Waals surface area contributed by atoms with Gasteiger partial charge in [-0.3, -0.25) is 14.3 Å². The second kappa shape index (κ2) is 3.97. The molecule has 1 aromatic rings. The summed E-state index contributed by atoms with van der Waals surface area (Å²) < 4.78 is 6.87. The van der Waals surface area contributed by atoms with Gasteiger partial charge >= 0.3 is 5.69 Å². The van der Waals surface area contributed by atoms with E-state index in [4.69, 9.17) is 10.5 Å². The Kier molecular flexibility index (Phi) is 2.76. The Labute approximate surface area is 97.7 Å². The Balaban J connectivity index is 2.49. The number of hydrogen-bond donors (Lipinski definition) is 2. The van der Waals surface area contributed by atoms with Crippen molar-refractivity contribution in [3.63, 3.8) is 0 Å². The van der Waals surface area contributed by atoms with Gasteiger partial charge in [0.1, 0.15) is 0 Å². The van der Waals surface area contributed by atoms with Crippen LogP contribution in [0.5, 0.6) is 0 Å². The van der Waals surface area contributed by atoms with Crippen LogP contribution in [0.4, 0.5) is 0 Å². The zero-order valence-corrected chi connectivity index (χ0v) is 9.77. The quantitative estimate of drug-likeness (QED) is 0.653. The average Bonchev–Trinajstić information content (AvgIpc) is 2.51. The van der Waals surface area contributed by atoms with Gasteiger partial charge in [-0.1, -0.05) is 6.58 Å². The molecule has 0 aliphatic carbocycles. The minimum Gasteiger partial charge on any atom is -0.349 e. The molecule has 2 rings (SSSR count).